The number of rotatable bonds is 3. The van der Waals surface area contributed by atoms with Gasteiger partial charge in [0.15, 0.2) is 5.11 Å². The molecule has 32 heavy (non-hydrogen) atoms. The summed E-state index contributed by atoms with van der Waals surface area (Å²) in [6, 6.07) is 12.3. The molecule has 2 aliphatic heterocycles. The molecular formula is C21H20BrCl3N4O2S. The third-order valence-electron chi connectivity index (χ3n) is 5.76. The average Bonchev–Trinajstić information content (AvgIpc) is 2.73. The van der Waals surface area contributed by atoms with E-state index in [9.17, 15) is 9.59 Å². The Labute approximate surface area is 214 Å². The van der Waals surface area contributed by atoms with E-state index in [1.54, 1.807) is 36.4 Å². The first-order chi connectivity index (χ1) is 15.1. The topological polar surface area (TPSA) is 66.4 Å². The fourth-order valence-corrected chi connectivity index (χ4v) is 5.39. The smallest absolute Gasteiger partial charge is 0.254 e. The molecule has 4 rings (SSSR count). The Hall–Kier alpha value is -1.32. The number of halogens is 4. The summed E-state index contributed by atoms with van der Waals surface area (Å²) in [6.45, 7) is 1.96. The van der Waals surface area contributed by atoms with Gasteiger partial charge in [-0.15, -0.1) is 0 Å². The molecule has 6 nitrogen and oxygen atoms in total. The highest BCUT2D eigenvalue weighted by Gasteiger charge is 2.39. The van der Waals surface area contributed by atoms with Crippen LogP contribution in [0.4, 0.5) is 0 Å². The minimum Gasteiger partial charge on any atom is -0.348 e. The highest BCUT2D eigenvalue weighted by atomic mass is 79.9. The summed E-state index contributed by atoms with van der Waals surface area (Å²) in [5.74, 6) is 0.0484. The molecule has 2 aromatic rings. The second kappa shape index (κ2) is 9.50. The molecule has 0 spiro atoms. The van der Waals surface area contributed by atoms with E-state index in [0.717, 1.165) is 12.1 Å². The second-order valence-corrected chi connectivity index (χ2v) is 11.6. The van der Waals surface area contributed by atoms with Gasteiger partial charge in [0.25, 0.3) is 11.5 Å². The zero-order valence-corrected chi connectivity index (χ0v) is 21.4. The van der Waals surface area contributed by atoms with Gasteiger partial charge in [0.2, 0.25) is 3.79 Å². The van der Waals surface area contributed by atoms with Crippen molar-refractivity contribution in [2.45, 2.75) is 28.8 Å². The highest BCUT2D eigenvalue weighted by molar-refractivity contribution is 9.10. The molecule has 1 saturated heterocycles. The third-order valence-corrected chi connectivity index (χ3v) is 7.48. The van der Waals surface area contributed by atoms with E-state index in [1.807, 2.05) is 15.5 Å². The molecule has 3 heterocycles. The number of hydrogen-bond acceptors (Lipinski definition) is 3. The van der Waals surface area contributed by atoms with E-state index in [1.165, 1.54) is 0 Å². The number of nitrogens with zero attached hydrogens (tertiary/aromatic N) is 2. The van der Waals surface area contributed by atoms with Gasteiger partial charge in [-0.2, -0.15) is 0 Å². The first kappa shape index (κ1) is 23.8. The van der Waals surface area contributed by atoms with Gasteiger partial charge in [-0.05, 0) is 58.7 Å². The van der Waals surface area contributed by atoms with Crippen LogP contribution < -0.4 is 16.2 Å². The lowest BCUT2D eigenvalue weighted by Gasteiger charge is -2.44. The first-order valence-corrected chi connectivity index (χ1v) is 12.3. The third kappa shape index (κ3) is 5.09. The molecule has 11 heteroatoms. The van der Waals surface area contributed by atoms with Crippen LogP contribution in [0.1, 0.15) is 28.4 Å². The van der Waals surface area contributed by atoms with Gasteiger partial charge >= 0.3 is 0 Å². The van der Waals surface area contributed by atoms with Gasteiger partial charge in [0.1, 0.15) is 6.17 Å². The molecule has 2 bridgehead atoms. The molecule has 1 aromatic carbocycles. The molecule has 0 saturated carbocycles. The standard InChI is InChI=1S/C21H20BrCl3N4O2S/c22-15-5-2-1-4-14(15)18(31)26-19(21(23,24)25)27-20(32)28-9-12-8-13(11-28)16-6-3-7-17(30)29(16)10-12/h1-7,12-13,19H,8-11H2,(H,26,31)(H,27,32)/t12-,13-,19?/m0/s1. The zero-order valence-electron chi connectivity index (χ0n) is 16.7. The number of fused-ring (bicyclic) bond motifs is 4. The van der Waals surface area contributed by atoms with Crippen molar-refractivity contribution >= 4 is 74.0 Å². The van der Waals surface area contributed by atoms with E-state index >= 15 is 0 Å². The van der Waals surface area contributed by atoms with E-state index in [0.29, 0.717) is 34.8 Å². The fraction of sp³-hybridized carbons (Fsp3) is 0.381. The highest BCUT2D eigenvalue weighted by Crippen LogP contribution is 2.35. The summed E-state index contributed by atoms with van der Waals surface area (Å²) in [7, 11) is 0. The fourth-order valence-electron chi connectivity index (χ4n) is 4.33. The van der Waals surface area contributed by atoms with Gasteiger partial charge in [0, 0.05) is 41.8 Å². The van der Waals surface area contributed by atoms with Crippen LogP contribution in [0.5, 0.6) is 0 Å². The number of alkyl halides is 3. The van der Waals surface area contributed by atoms with Crippen molar-refractivity contribution in [1.82, 2.24) is 20.1 Å². The summed E-state index contributed by atoms with van der Waals surface area (Å²) in [5, 5.41) is 6.12. The lowest BCUT2D eigenvalue weighted by molar-refractivity contribution is 0.0932. The lowest BCUT2D eigenvalue weighted by Crippen LogP contribution is -2.60. The summed E-state index contributed by atoms with van der Waals surface area (Å²) in [5.41, 5.74) is 1.45. The van der Waals surface area contributed by atoms with Crippen molar-refractivity contribution in [3.8, 4) is 0 Å². The number of carbonyl (C=O) groups is 1. The van der Waals surface area contributed by atoms with Crippen molar-refractivity contribution in [1.29, 1.82) is 0 Å². The zero-order chi connectivity index (χ0) is 23.0. The monoisotopic (exact) mass is 576 g/mol. The van der Waals surface area contributed by atoms with Gasteiger partial charge < -0.3 is 20.1 Å². The number of likely N-dealkylation sites (tertiary alicyclic amines) is 1. The van der Waals surface area contributed by atoms with Crippen molar-refractivity contribution < 1.29 is 4.79 Å². The Morgan fingerprint density at radius 1 is 1.09 bits per heavy atom. The van der Waals surface area contributed by atoms with Crippen LogP contribution in [-0.2, 0) is 6.54 Å². The minimum absolute atomic E-state index is 0.0254. The molecule has 2 N–H and O–H groups in total. The quantitative estimate of drug-likeness (QED) is 0.327. The molecular weight excluding hydrogens is 559 g/mol. The number of piperidine rings is 1. The molecule has 0 radical (unpaired) electrons. The van der Waals surface area contributed by atoms with Crippen LogP contribution in [0, 0.1) is 5.92 Å². The second-order valence-electron chi connectivity index (χ2n) is 7.98. The van der Waals surface area contributed by atoms with Gasteiger partial charge in [-0.3, -0.25) is 9.59 Å². The number of amides is 1. The summed E-state index contributed by atoms with van der Waals surface area (Å²) < 4.78 is 0.641. The van der Waals surface area contributed by atoms with Crippen LogP contribution in [0.25, 0.3) is 0 Å². The lowest BCUT2D eigenvalue weighted by atomic mass is 9.83. The number of benzene rings is 1. The number of pyridine rings is 1. The number of aromatic nitrogens is 1. The predicted octanol–water partition coefficient (Wildman–Crippen LogP) is 4.03. The Bertz CT molecular complexity index is 1110. The predicted molar refractivity (Wildman–Crippen MR) is 135 cm³/mol. The van der Waals surface area contributed by atoms with Crippen LogP contribution in [0.15, 0.2) is 51.7 Å². The Kier molecular flexibility index (Phi) is 7.08. The van der Waals surface area contributed by atoms with Crippen LogP contribution in [-0.4, -0.2) is 43.5 Å². The summed E-state index contributed by atoms with van der Waals surface area (Å²) >= 11 is 27.5. The summed E-state index contributed by atoms with van der Waals surface area (Å²) in [6.07, 6.45) is -0.0499. The number of nitrogens with one attached hydrogen (secondary N) is 2. The van der Waals surface area contributed by atoms with Gasteiger partial charge in [-0.25, -0.2) is 0 Å². The maximum absolute atomic E-state index is 12.8. The molecule has 1 unspecified atom stereocenters. The van der Waals surface area contributed by atoms with Gasteiger partial charge in [0.05, 0.1) is 5.56 Å². The molecule has 0 aliphatic carbocycles. The number of carbonyl (C=O) groups excluding carboxylic acids is 1. The van der Waals surface area contributed by atoms with E-state index < -0.39 is 15.9 Å². The van der Waals surface area contributed by atoms with E-state index in [-0.39, 0.29) is 17.4 Å². The molecule has 2 aliphatic rings. The maximum Gasteiger partial charge on any atom is 0.254 e. The Morgan fingerprint density at radius 3 is 2.56 bits per heavy atom. The molecule has 1 aromatic heterocycles. The number of thiocarbonyl (C=S) groups is 1. The minimum atomic E-state index is -1.84. The van der Waals surface area contributed by atoms with E-state index in [4.69, 9.17) is 47.0 Å². The summed E-state index contributed by atoms with van der Waals surface area (Å²) in [4.78, 5) is 27.0. The SMILES string of the molecule is O=C(NC(NC(=S)N1C[C@@H]2C[C@@H](C1)c1cccc(=O)n1C2)C(Cl)(Cl)Cl)c1ccccc1Br. The van der Waals surface area contributed by atoms with Crippen molar-refractivity contribution in [2.75, 3.05) is 13.1 Å². The number of hydrogen-bond donors (Lipinski definition) is 2. The van der Waals surface area contributed by atoms with Crippen LogP contribution >= 0.6 is 63.0 Å². The normalized spacial score (nSPS) is 20.8. The van der Waals surface area contributed by atoms with Crippen LogP contribution in [0.2, 0.25) is 0 Å². The van der Waals surface area contributed by atoms with Crippen molar-refractivity contribution in [3.63, 3.8) is 0 Å². The van der Waals surface area contributed by atoms with Crippen LogP contribution in [0.3, 0.4) is 0 Å². The molecule has 3 atom stereocenters. The first-order valence-electron chi connectivity index (χ1n) is 10.0. The molecule has 1 fully saturated rings. The van der Waals surface area contributed by atoms with E-state index in [2.05, 4.69) is 26.6 Å². The maximum atomic E-state index is 12.8. The molecule has 170 valence electrons. The average molecular weight is 579 g/mol. The Morgan fingerprint density at radius 2 is 1.84 bits per heavy atom. The van der Waals surface area contributed by atoms with Crippen molar-refractivity contribution in [2.24, 2.45) is 5.92 Å². The Balaban J connectivity index is 1.48. The molecule has 1 amide bonds. The largest absolute Gasteiger partial charge is 0.348 e. The van der Waals surface area contributed by atoms with Gasteiger partial charge in [-0.1, -0.05) is 53.0 Å². The van der Waals surface area contributed by atoms with Crippen molar-refractivity contribution in [3.05, 3.63) is 68.5 Å².